The number of ether oxygens (including phenoxy) is 1. The molecule has 0 saturated carbocycles. The Hall–Kier alpha value is -2.13. The summed E-state index contributed by atoms with van der Waals surface area (Å²) in [6.07, 6.45) is 0.616. The third-order valence-corrected chi connectivity index (χ3v) is 3.52. The van der Waals surface area contributed by atoms with Gasteiger partial charge in [0.25, 0.3) is 0 Å². The standard InChI is InChI=1S/C18H21NO2/c1-14(16-11-7-4-8-12-16)19-17(18(20)21-2)13-15-9-5-3-6-10-15/h3-12,14,17,19H,13H2,1-2H3/t14?,17-/m0/s1. The van der Waals surface area contributed by atoms with Gasteiger partial charge in [0.05, 0.1) is 7.11 Å². The molecular weight excluding hydrogens is 262 g/mol. The molecule has 0 bridgehead atoms. The fraction of sp³-hybridized carbons (Fsp3) is 0.278. The minimum absolute atomic E-state index is 0.0824. The molecule has 2 aromatic carbocycles. The van der Waals surface area contributed by atoms with Crippen LogP contribution in [-0.4, -0.2) is 19.1 Å². The molecule has 0 aliphatic carbocycles. The molecule has 0 spiro atoms. The molecule has 0 aliphatic heterocycles. The van der Waals surface area contributed by atoms with E-state index in [0.717, 1.165) is 11.1 Å². The maximum absolute atomic E-state index is 12.0. The third-order valence-electron chi connectivity index (χ3n) is 3.52. The predicted molar refractivity (Wildman–Crippen MR) is 83.9 cm³/mol. The van der Waals surface area contributed by atoms with E-state index >= 15 is 0 Å². The van der Waals surface area contributed by atoms with E-state index in [0.29, 0.717) is 6.42 Å². The number of hydrogen-bond donors (Lipinski definition) is 1. The summed E-state index contributed by atoms with van der Waals surface area (Å²) in [4.78, 5) is 12.0. The van der Waals surface area contributed by atoms with Gasteiger partial charge < -0.3 is 4.74 Å². The second-order valence-corrected chi connectivity index (χ2v) is 5.06. The minimum atomic E-state index is -0.354. The number of carbonyl (C=O) groups is 1. The molecule has 0 fully saturated rings. The number of methoxy groups -OCH3 is 1. The summed E-state index contributed by atoms with van der Waals surface area (Å²) in [5, 5.41) is 3.36. The summed E-state index contributed by atoms with van der Waals surface area (Å²) in [5.74, 6) is -0.235. The Bertz CT molecular complexity index is 554. The quantitative estimate of drug-likeness (QED) is 0.828. The van der Waals surface area contributed by atoms with Crippen molar-refractivity contribution >= 4 is 5.97 Å². The van der Waals surface area contributed by atoms with E-state index in [1.54, 1.807) is 0 Å². The van der Waals surface area contributed by atoms with Gasteiger partial charge in [0, 0.05) is 6.04 Å². The van der Waals surface area contributed by atoms with E-state index in [1.165, 1.54) is 7.11 Å². The maximum Gasteiger partial charge on any atom is 0.323 e. The highest BCUT2D eigenvalue weighted by molar-refractivity contribution is 5.76. The second kappa shape index (κ2) is 7.60. The van der Waals surface area contributed by atoms with E-state index < -0.39 is 0 Å². The van der Waals surface area contributed by atoms with Crippen molar-refractivity contribution in [3.8, 4) is 0 Å². The van der Waals surface area contributed by atoms with Crippen LogP contribution >= 0.6 is 0 Å². The van der Waals surface area contributed by atoms with Gasteiger partial charge in [-0.25, -0.2) is 0 Å². The summed E-state index contributed by atoms with van der Waals surface area (Å²) in [7, 11) is 1.43. The van der Waals surface area contributed by atoms with Crippen LogP contribution in [0.5, 0.6) is 0 Å². The van der Waals surface area contributed by atoms with Gasteiger partial charge in [-0.1, -0.05) is 60.7 Å². The van der Waals surface area contributed by atoms with Crippen LogP contribution in [0.1, 0.15) is 24.1 Å². The first-order valence-electron chi connectivity index (χ1n) is 7.13. The van der Waals surface area contributed by atoms with Gasteiger partial charge in [-0.15, -0.1) is 0 Å². The van der Waals surface area contributed by atoms with Gasteiger partial charge in [0.1, 0.15) is 6.04 Å². The van der Waals surface area contributed by atoms with E-state index in [9.17, 15) is 4.79 Å². The van der Waals surface area contributed by atoms with Gasteiger partial charge >= 0.3 is 5.97 Å². The number of carbonyl (C=O) groups excluding carboxylic acids is 1. The van der Waals surface area contributed by atoms with Crippen LogP contribution in [0, 0.1) is 0 Å². The summed E-state index contributed by atoms with van der Waals surface area (Å²) in [5.41, 5.74) is 2.26. The van der Waals surface area contributed by atoms with Crippen LogP contribution in [0.25, 0.3) is 0 Å². The number of rotatable bonds is 6. The molecule has 0 heterocycles. The monoisotopic (exact) mass is 283 g/mol. The molecule has 3 heteroatoms. The molecule has 0 aliphatic rings. The Morgan fingerprint density at radius 3 is 2.19 bits per heavy atom. The van der Waals surface area contributed by atoms with E-state index in [1.807, 2.05) is 48.5 Å². The summed E-state index contributed by atoms with van der Waals surface area (Å²) in [6.45, 7) is 2.05. The smallest absolute Gasteiger partial charge is 0.323 e. The van der Waals surface area contributed by atoms with Crippen LogP contribution in [0.3, 0.4) is 0 Å². The molecule has 2 rings (SSSR count). The molecule has 1 unspecified atom stereocenters. The number of hydrogen-bond acceptors (Lipinski definition) is 3. The van der Waals surface area contributed by atoms with Crippen molar-refractivity contribution in [2.75, 3.05) is 7.11 Å². The maximum atomic E-state index is 12.0. The van der Waals surface area contributed by atoms with Crippen molar-refractivity contribution in [3.05, 3.63) is 71.8 Å². The summed E-state index contributed by atoms with van der Waals surface area (Å²) >= 11 is 0. The van der Waals surface area contributed by atoms with Crippen LogP contribution in [-0.2, 0) is 16.0 Å². The van der Waals surface area contributed by atoms with Crippen LogP contribution in [0.2, 0.25) is 0 Å². The van der Waals surface area contributed by atoms with Gasteiger partial charge in [-0.3, -0.25) is 10.1 Å². The Morgan fingerprint density at radius 2 is 1.62 bits per heavy atom. The topological polar surface area (TPSA) is 38.3 Å². The average molecular weight is 283 g/mol. The Balaban J connectivity index is 2.08. The minimum Gasteiger partial charge on any atom is -0.468 e. The predicted octanol–water partition coefficient (Wildman–Crippen LogP) is 3.12. The molecule has 2 aromatic rings. The van der Waals surface area contributed by atoms with E-state index in [-0.39, 0.29) is 18.1 Å². The molecule has 3 nitrogen and oxygen atoms in total. The van der Waals surface area contributed by atoms with Crippen molar-refractivity contribution in [2.45, 2.75) is 25.4 Å². The molecule has 0 radical (unpaired) electrons. The molecule has 0 aromatic heterocycles. The first-order valence-corrected chi connectivity index (χ1v) is 7.13. The summed E-state index contributed by atoms with van der Waals surface area (Å²) in [6, 6.07) is 19.8. The lowest BCUT2D eigenvalue weighted by molar-refractivity contribution is -0.143. The lowest BCUT2D eigenvalue weighted by Crippen LogP contribution is -2.40. The van der Waals surface area contributed by atoms with Crippen molar-refractivity contribution in [2.24, 2.45) is 0 Å². The SMILES string of the molecule is COC(=O)[C@H](Cc1ccccc1)NC(C)c1ccccc1. The van der Waals surface area contributed by atoms with Gasteiger partial charge in [-0.05, 0) is 24.5 Å². The first-order chi connectivity index (χ1) is 10.2. The molecule has 0 saturated heterocycles. The first kappa shape index (κ1) is 15.3. The van der Waals surface area contributed by atoms with Gasteiger partial charge in [0.15, 0.2) is 0 Å². The average Bonchev–Trinajstić information content (AvgIpc) is 2.55. The molecule has 21 heavy (non-hydrogen) atoms. The van der Waals surface area contributed by atoms with Crippen molar-refractivity contribution in [3.63, 3.8) is 0 Å². The molecular formula is C18H21NO2. The Kier molecular flexibility index (Phi) is 5.52. The highest BCUT2D eigenvalue weighted by Crippen LogP contribution is 2.14. The van der Waals surface area contributed by atoms with Gasteiger partial charge in [0.2, 0.25) is 0 Å². The second-order valence-electron chi connectivity index (χ2n) is 5.06. The lowest BCUT2D eigenvalue weighted by atomic mass is 10.0. The molecule has 110 valence electrons. The highest BCUT2D eigenvalue weighted by atomic mass is 16.5. The molecule has 1 N–H and O–H groups in total. The van der Waals surface area contributed by atoms with Gasteiger partial charge in [-0.2, -0.15) is 0 Å². The fourth-order valence-corrected chi connectivity index (χ4v) is 2.34. The highest BCUT2D eigenvalue weighted by Gasteiger charge is 2.21. The zero-order valence-corrected chi connectivity index (χ0v) is 12.5. The van der Waals surface area contributed by atoms with E-state index in [2.05, 4.69) is 24.4 Å². The zero-order valence-electron chi connectivity index (χ0n) is 12.5. The number of esters is 1. The van der Waals surface area contributed by atoms with Crippen LogP contribution in [0.4, 0.5) is 0 Å². The van der Waals surface area contributed by atoms with Crippen molar-refractivity contribution in [1.82, 2.24) is 5.32 Å². The third kappa shape index (κ3) is 4.43. The van der Waals surface area contributed by atoms with Crippen LogP contribution < -0.4 is 5.32 Å². The molecule has 2 atom stereocenters. The largest absolute Gasteiger partial charge is 0.468 e. The lowest BCUT2D eigenvalue weighted by Gasteiger charge is -2.22. The number of benzene rings is 2. The normalized spacial score (nSPS) is 13.4. The zero-order chi connectivity index (χ0) is 15.1. The van der Waals surface area contributed by atoms with E-state index in [4.69, 9.17) is 4.74 Å². The van der Waals surface area contributed by atoms with Crippen molar-refractivity contribution in [1.29, 1.82) is 0 Å². The number of nitrogens with one attached hydrogen (secondary N) is 1. The molecule has 0 amide bonds. The Morgan fingerprint density at radius 1 is 1.05 bits per heavy atom. The van der Waals surface area contributed by atoms with Crippen molar-refractivity contribution < 1.29 is 9.53 Å². The summed E-state index contributed by atoms with van der Waals surface area (Å²) < 4.78 is 4.92. The Labute approximate surface area is 126 Å². The van der Waals surface area contributed by atoms with Crippen LogP contribution in [0.15, 0.2) is 60.7 Å². The fourth-order valence-electron chi connectivity index (χ4n) is 2.34.